The summed E-state index contributed by atoms with van der Waals surface area (Å²) in [6, 6.07) is 17.8. The molecular weight excluding hydrogens is 378 g/mol. The lowest BCUT2D eigenvalue weighted by molar-refractivity contribution is -0.131. The van der Waals surface area contributed by atoms with Crippen LogP contribution in [0.15, 0.2) is 54.6 Å². The summed E-state index contributed by atoms with van der Waals surface area (Å²) in [7, 11) is 0. The molecule has 5 heteroatoms. The fourth-order valence-electron chi connectivity index (χ4n) is 4.35. The van der Waals surface area contributed by atoms with Crippen LogP contribution in [0.25, 0.3) is 11.1 Å². The Morgan fingerprint density at radius 3 is 2.10 bits per heavy atom. The Hall–Kier alpha value is -2.21. The Morgan fingerprint density at radius 1 is 0.967 bits per heavy atom. The number of aliphatic hydroxyl groups is 3. The molecule has 0 bridgehead atoms. The van der Waals surface area contributed by atoms with Crippen molar-refractivity contribution < 1.29 is 20.1 Å². The molecular formula is C25H33NO4. The van der Waals surface area contributed by atoms with E-state index in [0.717, 1.165) is 16.7 Å². The smallest absolute Gasteiger partial charge is 0.249 e. The van der Waals surface area contributed by atoms with Crippen LogP contribution in [0.5, 0.6) is 0 Å². The standard InChI is InChI=1S/C25H33NO4/c1-16(2)14-23(29)25(30)26-20(24-21(27)12-13-22(24)28)15-17-8-10-19(11-9-17)18-6-4-3-5-7-18/h3-11,16,20-24,27-29H,12-15H2,1-2H3,(H,26,30)/t20-,21-,22-,23?/m0/s1. The summed E-state index contributed by atoms with van der Waals surface area (Å²) in [6.07, 6.45) is -0.552. The lowest BCUT2D eigenvalue weighted by Crippen LogP contribution is -2.50. The quantitative estimate of drug-likeness (QED) is 0.538. The predicted octanol–water partition coefficient (Wildman–Crippen LogP) is 2.92. The zero-order valence-electron chi connectivity index (χ0n) is 17.7. The molecule has 1 aliphatic rings. The Labute approximate surface area is 178 Å². The maximum absolute atomic E-state index is 12.6. The molecule has 2 aromatic carbocycles. The summed E-state index contributed by atoms with van der Waals surface area (Å²) >= 11 is 0. The van der Waals surface area contributed by atoms with Crippen LogP contribution in [0.3, 0.4) is 0 Å². The largest absolute Gasteiger partial charge is 0.393 e. The minimum Gasteiger partial charge on any atom is -0.393 e. The maximum Gasteiger partial charge on any atom is 0.249 e. The summed E-state index contributed by atoms with van der Waals surface area (Å²) < 4.78 is 0. The fraction of sp³-hybridized carbons (Fsp3) is 0.480. The number of hydrogen-bond donors (Lipinski definition) is 4. The third kappa shape index (κ3) is 5.69. The second kappa shape index (κ2) is 10.2. The van der Waals surface area contributed by atoms with E-state index in [-0.39, 0.29) is 5.92 Å². The summed E-state index contributed by atoms with van der Waals surface area (Å²) in [6.45, 7) is 3.90. The van der Waals surface area contributed by atoms with Crippen molar-refractivity contribution in [3.63, 3.8) is 0 Å². The van der Waals surface area contributed by atoms with Crippen molar-refractivity contribution in [2.75, 3.05) is 0 Å². The lowest BCUT2D eigenvalue weighted by Gasteiger charge is -2.30. The lowest BCUT2D eigenvalue weighted by atomic mass is 9.88. The third-order valence-electron chi connectivity index (χ3n) is 5.95. The van der Waals surface area contributed by atoms with E-state index in [4.69, 9.17) is 0 Å². The van der Waals surface area contributed by atoms with Crippen LogP contribution in [-0.2, 0) is 11.2 Å². The normalized spacial score (nSPS) is 21.5. The third-order valence-corrected chi connectivity index (χ3v) is 5.95. The van der Waals surface area contributed by atoms with E-state index in [1.54, 1.807) is 0 Å². The van der Waals surface area contributed by atoms with Gasteiger partial charge in [0.2, 0.25) is 5.91 Å². The Morgan fingerprint density at radius 2 is 1.53 bits per heavy atom. The van der Waals surface area contributed by atoms with Gasteiger partial charge < -0.3 is 20.6 Å². The van der Waals surface area contributed by atoms with E-state index in [0.29, 0.717) is 25.7 Å². The highest BCUT2D eigenvalue weighted by molar-refractivity contribution is 5.80. The van der Waals surface area contributed by atoms with Gasteiger partial charge in [-0.2, -0.15) is 0 Å². The van der Waals surface area contributed by atoms with Crippen molar-refractivity contribution >= 4 is 5.91 Å². The molecule has 5 nitrogen and oxygen atoms in total. The van der Waals surface area contributed by atoms with E-state index < -0.39 is 36.2 Å². The summed E-state index contributed by atoms with van der Waals surface area (Å²) in [5.74, 6) is -0.702. The molecule has 4 N–H and O–H groups in total. The molecule has 0 saturated heterocycles. The van der Waals surface area contributed by atoms with Gasteiger partial charge in [0.15, 0.2) is 0 Å². The molecule has 1 aliphatic carbocycles. The highest BCUT2D eigenvalue weighted by atomic mass is 16.3. The molecule has 4 atom stereocenters. The Balaban J connectivity index is 1.76. The van der Waals surface area contributed by atoms with Gasteiger partial charge in [0.25, 0.3) is 0 Å². The molecule has 1 fully saturated rings. The average Bonchev–Trinajstić information content (AvgIpc) is 3.06. The Bertz CT molecular complexity index is 796. The molecule has 3 rings (SSSR count). The number of rotatable bonds is 8. The minimum atomic E-state index is -1.09. The van der Waals surface area contributed by atoms with Gasteiger partial charge in [-0.3, -0.25) is 4.79 Å². The van der Waals surface area contributed by atoms with Gasteiger partial charge in [-0.15, -0.1) is 0 Å². The van der Waals surface area contributed by atoms with Gasteiger partial charge >= 0.3 is 0 Å². The zero-order valence-corrected chi connectivity index (χ0v) is 17.7. The topological polar surface area (TPSA) is 89.8 Å². The summed E-state index contributed by atoms with van der Waals surface area (Å²) in [4.78, 5) is 12.6. The van der Waals surface area contributed by atoms with Crippen molar-refractivity contribution in [3.05, 3.63) is 60.2 Å². The van der Waals surface area contributed by atoms with E-state index in [9.17, 15) is 20.1 Å². The second-order valence-corrected chi connectivity index (χ2v) is 8.82. The highest BCUT2D eigenvalue weighted by Crippen LogP contribution is 2.31. The predicted molar refractivity (Wildman–Crippen MR) is 118 cm³/mol. The Kier molecular flexibility index (Phi) is 7.64. The number of benzene rings is 2. The van der Waals surface area contributed by atoms with Crippen molar-refractivity contribution in [2.45, 2.75) is 63.9 Å². The molecule has 0 heterocycles. The van der Waals surface area contributed by atoms with Crippen LogP contribution in [0.4, 0.5) is 0 Å². The van der Waals surface area contributed by atoms with E-state index in [1.165, 1.54) is 0 Å². The number of carbonyl (C=O) groups excluding carboxylic acids is 1. The van der Waals surface area contributed by atoms with Crippen molar-refractivity contribution in [3.8, 4) is 11.1 Å². The van der Waals surface area contributed by atoms with E-state index in [2.05, 4.69) is 17.4 Å². The minimum absolute atomic E-state index is 0.192. The first-order valence-corrected chi connectivity index (χ1v) is 10.8. The van der Waals surface area contributed by atoms with Crippen LogP contribution in [0, 0.1) is 11.8 Å². The number of nitrogens with one attached hydrogen (secondary N) is 1. The number of hydrogen-bond acceptors (Lipinski definition) is 4. The average molecular weight is 412 g/mol. The molecule has 0 aliphatic heterocycles. The molecule has 0 radical (unpaired) electrons. The molecule has 1 unspecified atom stereocenters. The van der Waals surface area contributed by atoms with Crippen LogP contribution in [0.1, 0.15) is 38.7 Å². The van der Waals surface area contributed by atoms with Crippen LogP contribution < -0.4 is 5.32 Å². The molecule has 0 spiro atoms. The summed E-state index contributed by atoms with van der Waals surface area (Å²) in [5, 5.41) is 34.0. The molecule has 1 saturated carbocycles. The monoisotopic (exact) mass is 411 g/mol. The number of amides is 1. The van der Waals surface area contributed by atoms with Gasteiger partial charge in [-0.25, -0.2) is 0 Å². The van der Waals surface area contributed by atoms with Gasteiger partial charge in [-0.1, -0.05) is 68.4 Å². The summed E-state index contributed by atoms with van der Waals surface area (Å²) in [5.41, 5.74) is 3.24. The van der Waals surface area contributed by atoms with Gasteiger partial charge in [0.1, 0.15) is 6.10 Å². The maximum atomic E-state index is 12.6. The van der Waals surface area contributed by atoms with Crippen molar-refractivity contribution in [1.29, 1.82) is 0 Å². The first-order chi connectivity index (χ1) is 14.3. The second-order valence-electron chi connectivity index (χ2n) is 8.82. The highest BCUT2D eigenvalue weighted by Gasteiger charge is 2.40. The number of carbonyl (C=O) groups is 1. The van der Waals surface area contributed by atoms with Gasteiger partial charge in [0.05, 0.1) is 12.2 Å². The van der Waals surface area contributed by atoms with Gasteiger partial charge in [-0.05, 0) is 48.3 Å². The zero-order chi connectivity index (χ0) is 21.7. The number of aliphatic hydroxyl groups excluding tert-OH is 3. The van der Waals surface area contributed by atoms with E-state index >= 15 is 0 Å². The first kappa shape index (κ1) is 22.5. The molecule has 162 valence electrons. The van der Waals surface area contributed by atoms with Gasteiger partial charge in [0, 0.05) is 12.0 Å². The molecule has 0 aromatic heterocycles. The SMILES string of the molecule is CC(C)CC(O)C(=O)N[C@@H](Cc1ccc(-c2ccccc2)cc1)C1[C@@H](O)CC[C@@H]1O. The van der Waals surface area contributed by atoms with E-state index in [1.807, 2.05) is 56.3 Å². The fourth-order valence-corrected chi connectivity index (χ4v) is 4.35. The molecule has 30 heavy (non-hydrogen) atoms. The first-order valence-electron chi connectivity index (χ1n) is 10.8. The van der Waals surface area contributed by atoms with Crippen molar-refractivity contribution in [1.82, 2.24) is 5.32 Å². The van der Waals surface area contributed by atoms with Crippen LogP contribution in [-0.4, -0.2) is 45.6 Å². The van der Waals surface area contributed by atoms with Crippen LogP contribution in [0.2, 0.25) is 0 Å². The molecule has 1 amide bonds. The molecule has 2 aromatic rings. The van der Waals surface area contributed by atoms with Crippen molar-refractivity contribution in [2.24, 2.45) is 11.8 Å². The van der Waals surface area contributed by atoms with Crippen LogP contribution >= 0.6 is 0 Å².